The molecule has 1 N–H and O–H groups in total. The minimum atomic E-state index is -0.583. The number of benzene rings is 1. The molecule has 0 aliphatic carbocycles. The van der Waals surface area contributed by atoms with Crippen LogP contribution in [-0.4, -0.2) is 40.4 Å². The molecule has 1 fully saturated rings. The van der Waals surface area contributed by atoms with E-state index in [0.717, 1.165) is 31.9 Å². The first-order chi connectivity index (χ1) is 12.7. The lowest BCUT2D eigenvalue weighted by molar-refractivity contribution is 0.466. The summed E-state index contributed by atoms with van der Waals surface area (Å²) in [6.45, 7) is 1.59. The first-order valence-electron chi connectivity index (χ1n) is 8.52. The van der Waals surface area contributed by atoms with Gasteiger partial charge in [0, 0.05) is 31.7 Å². The van der Waals surface area contributed by atoms with Gasteiger partial charge in [0.1, 0.15) is 16.9 Å². The monoisotopic (exact) mass is 350 g/mol. The molecule has 4 rings (SSSR count). The van der Waals surface area contributed by atoms with Crippen LogP contribution in [-0.2, 0) is 0 Å². The van der Waals surface area contributed by atoms with Crippen LogP contribution in [0.25, 0.3) is 11.0 Å². The summed E-state index contributed by atoms with van der Waals surface area (Å²) in [4.78, 5) is 27.3. The van der Waals surface area contributed by atoms with E-state index >= 15 is 0 Å². The number of aliphatic imine (C=N–C) groups is 1. The molecule has 0 bridgehead atoms. The van der Waals surface area contributed by atoms with Crippen LogP contribution in [0.4, 0.5) is 5.95 Å². The highest BCUT2D eigenvalue weighted by molar-refractivity contribution is 5.93. The number of hydrogen-bond donors (Lipinski definition) is 1. The highest BCUT2D eigenvalue weighted by atomic mass is 16.4. The zero-order valence-corrected chi connectivity index (χ0v) is 14.1. The lowest BCUT2D eigenvalue weighted by atomic mass is 10.1. The van der Waals surface area contributed by atoms with Crippen molar-refractivity contribution in [1.82, 2.24) is 9.97 Å². The lowest BCUT2D eigenvalue weighted by Gasteiger charge is -2.30. The van der Waals surface area contributed by atoms with Crippen LogP contribution in [0.5, 0.6) is 5.75 Å². The van der Waals surface area contributed by atoms with Gasteiger partial charge in [-0.05, 0) is 31.0 Å². The molecule has 1 saturated heterocycles. The van der Waals surface area contributed by atoms with Gasteiger partial charge < -0.3 is 14.4 Å². The molecule has 132 valence electrons. The van der Waals surface area contributed by atoms with Crippen molar-refractivity contribution in [2.75, 3.05) is 18.0 Å². The Morgan fingerprint density at radius 1 is 1.15 bits per heavy atom. The molecule has 0 unspecified atom stereocenters. The molecule has 26 heavy (non-hydrogen) atoms. The van der Waals surface area contributed by atoms with Gasteiger partial charge in [-0.15, -0.1) is 0 Å². The van der Waals surface area contributed by atoms with Crippen molar-refractivity contribution in [2.45, 2.75) is 18.9 Å². The quantitative estimate of drug-likeness (QED) is 0.576. The number of para-hydroxylation sites is 1. The number of piperidine rings is 1. The molecule has 0 spiro atoms. The van der Waals surface area contributed by atoms with E-state index in [4.69, 9.17) is 4.42 Å². The van der Waals surface area contributed by atoms with Gasteiger partial charge in [0.15, 0.2) is 0 Å². The minimum Gasteiger partial charge on any atom is -0.506 e. The standard InChI is InChI=1S/C19H18N4O3/c24-17-14-4-1-2-5-16(14)26-18(25)15(17)12-22-13-6-10-23(11-7-13)19-20-8-3-9-21-19/h1-5,8-9,12-13,24H,6-7,10-11H2. The SMILES string of the molecule is O=c1oc2ccccc2c(O)c1C=NC1CCN(c2ncccn2)CC1. The van der Waals surface area contributed by atoms with E-state index in [1.807, 2.05) is 0 Å². The molecule has 3 aromatic rings. The van der Waals surface area contributed by atoms with Crippen LogP contribution < -0.4 is 10.5 Å². The topological polar surface area (TPSA) is 91.8 Å². The van der Waals surface area contributed by atoms with Crippen molar-refractivity contribution in [3.63, 3.8) is 0 Å². The van der Waals surface area contributed by atoms with E-state index < -0.39 is 5.63 Å². The average Bonchev–Trinajstić information content (AvgIpc) is 2.69. The lowest BCUT2D eigenvalue weighted by Crippen LogP contribution is -2.36. The fourth-order valence-corrected chi connectivity index (χ4v) is 3.11. The Morgan fingerprint density at radius 2 is 1.88 bits per heavy atom. The molecule has 3 heterocycles. The number of hydrogen-bond acceptors (Lipinski definition) is 7. The summed E-state index contributed by atoms with van der Waals surface area (Å²) in [5.41, 5.74) is -0.124. The molecule has 0 saturated carbocycles. The number of nitrogens with zero attached hydrogens (tertiary/aromatic N) is 4. The second-order valence-electron chi connectivity index (χ2n) is 6.19. The second kappa shape index (κ2) is 6.95. The summed E-state index contributed by atoms with van der Waals surface area (Å²) in [5.74, 6) is 0.637. The molecule has 7 heteroatoms. The molecule has 0 amide bonds. The van der Waals surface area contributed by atoms with E-state index in [1.165, 1.54) is 6.21 Å². The Labute approximate surface area is 149 Å². The Balaban J connectivity index is 1.49. The molecule has 1 aliphatic heterocycles. The van der Waals surface area contributed by atoms with Gasteiger partial charge in [-0.1, -0.05) is 12.1 Å². The van der Waals surface area contributed by atoms with Crippen molar-refractivity contribution in [1.29, 1.82) is 0 Å². The smallest absolute Gasteiger partial charge is 0.348 e. The maximum atomic E-state index is 12.1. The van der Waals surface area contributed by atoms with Gasteiger partial charge >= 0.3 is 5.63 Å². The van der Waals surface area contributed by atoms with E-state index in [9.17, 15) is 9.90 Å². The molecule has 2 aromatic heterocycles. The van der Waals surface area contributed by atoms with E-state index in [1.54, 1.807) is 42.7 Å². The summed E-state index contributed by atoms with van der Waals surface area (Å²) in [7, 11) is 0. The van der Waals surface area contributed by atoms with Crippen LogP contribution in [0.3, 0.4) is 0 Å². The molecule has 7 nitrogen and oxygen atoms in total. The highest BCUT2D eigenvalue weighted by Crippen LogP contribution is 2.25. The molecule has 0 atom stereocenters. The van der Waals surface area contributed by atoms with Gasteiger partial charge in [-0.2, -0.15) is 0 Å². The third kappa shape index (κ3) is 3.15. The Morgan fingerprint density at radius 3 is 2.65 bits per heavy atom. The highest BCUT2D eigenvalue weighted by Gasteiger charge is 2.20. The van der Waals surface area contributed by atoms with E-state index in [-0.39, 0.29) is 17.4 Å². The molecule has 1 aromatic carbocycles. The fraction of sp³-hybridized carbons (Fsp3) is 0.263. The largest absolute Gasteiger partial charge is 0.506 e. The molecule has 1 aliphatic rings. The van der Waals surface area contributed by atoms with E-state index in [0.29, 0.717) is 11.0 Å². The normalized spacial score (nSPS) is 15.8. The average molecular weight is 350 g/mol. The fourth-order valence-electron chi connectivity index (χ4n) is 3.11. The summed E-state index contributed by atoms with van der Waals surface area (Å²) >= 11 is 0. The number of rotatable bonds is 3. The van der Waals surface area contributed by atoms with Crippen LogP contribution in [0.1, 0.15) is 18.4 Å². The van der Waals surface area contributed by atoms with Crippen molar-refractivity contribution in [2.24, 2.45) is 4.99 Å². The van der Waals surface area contributed by atoms with Gasteiger partial charge in [-0.3, -0.25) is 4.99 Å². The summed E-state index contributed by atoms with van der Waals surface area (Å²) in [5, 5.41) is 10.9. The van der Waals surface area contributed by atoms with Crippen molar-refractivity contribution in [3.8, 4) is 5.75 Å². The molecular formula is C19H18N4O3. The van der Waals surface area contributed by atoms with Crippen LogP contribution in [0, 0.1) is 0 Å². The predicted molar refractivity (Wildman–Crippen MR) is 99.0 cm³/mol. The first kappa shape index (κ1) is 16.3. The maximum Gasteiger partial charge on any atom is 0.348 e. The van der Waals surface area contributed by atoms with E-state index in [2.05, 4.69) is 19.9 Å². The maximum absolute atomic E-state index is 12.1. The second-order valence-corrected chi connectivity index (χ2v) is 6.19. The Kier molecular flexibility index (Phi) is 4.35. The minimum absolute atomic E-state index is 0.0835. The summed E-state index contributed by atoms with van der Waals surface area (Å²) in [6.07, 6.45) is 6.55. The zero-order chi connectivity index (χ0) is 17.9. The van der Waals surface area contributed by atoms with Gasteiger partial charge in [0.05, 0.1) is 11.4 Å². The van der Waals surface area contributed by atoms with Gasteiger partial charge in [0.2, 0.25) is 5.95 Å². The summed E-state index contributed by atoms with van der Waals surface area (Å²) in [6, 6.07) is 8.78. The van der Waals surface area contributed by atoms with Crippen LogP contribution in [0.15, 0.2) is 56.9 Å². The predicted octanol–water partition coefficient (Wildman–Crippen LogP) is 2.38. The van der Waals surface area contributed by atoms with Gasteiger partial charge in [-0.25, -0.2) is 14.8 Å². The van der Waals surface area contributed by atoms with Crippen LogP contribution in [0.2, 0.25) is 0 Å². The van der Waals surface area contributed by atoms with Crippen molar-refractivity contribution in [3.05, 3.63) is 58.7 Å². The van der Waals surface area contributed by atoms with Crippen molar-refractivity contribution >= 4 is 23.1 Å². The van der Waals surface area contributed by atoms with Gasteiger partial charge in [0.25, 0.3) is 0 Å². The Hall–Kier alpha value is -3.22. The van der Waals surface area contributed by atoms with Crippen molar-refractivity contribution < 1.29 is 9.52 Å². The molecular weight excluding hydrogens is 332 g/mol. The number of aromatic hydroxyl groups is 1. The number of aromatic nitrogens is 2. The zero-order valence-electron chi connectivity index (χ0n) is 14.1. The third-order valence-electron chi connectivity index (χ3n) is 4.53. The molecule has 0 radical (unpaired) electrons. The number of fused-ring (bicyclic) bond motifs is 1. The first-order valence-corrected chi connectivity index (χ1v) is 8.52. The Bertz CT molecular complexity index is 993. The summed E-state index contributed by atoms with van der Waals surface area (Å²) < 4.78 is 5.26. The third-order valence-corrected chi connectivity index (χ3v) is 4.53. The van der Waals surface area contributed by atoms with Crippen LogP contribution >= 0.6 is 0 Å². The number of anilines is 1.